The Hall–Kier alpha value is 0.200. The zero-order valence-electron chi connectivity index (χ0n) is 9.21. The fourth-order valence-corrected chi connectivity index (χ4v) is 3.83. The van der Waals surface area contributed by atoms with Crippen LogP contribution in [0.1, 0.15) is 39.0 Å². The highest BCUT2D eigenvalue weighted by atomic mass is 35.5. The van der Waals surface area contributed by atoms with Gasteiger partial charge in [-0.2, -0.15) is 0 Å². The van der Waals surface area contributed by atoms with E-state index in [2.05, 4.69) is 4.72 Å². The van der Waals surface area contributed by atoms with Gasteiger partial charge in [0.2, 0.25) is 10.0 Å². The van der Waals surface area contributed by atoms with Crippen LogP contribution in [0.3, 0.4) is 0 Å². The zero-order valence-corrected chi connectivity index (χ0v) is 10.8. The van der Waals surface area contributed by atoms with Gasteiger partial charge in [-0.05, 0) is 32.1 Å². The second-order valence-electron chi connectivity index (χ2n) is 4.31. The zero-order chi connectivity index (χ0) is 11.3. The lowest BCUT2D eigenvalue weighted by Crippen LogP contribution is -2.38. The highest BCUT2D eigenvalue weighted by molar-refractivity contribution is 7.89. The van der Waals surface area contributed by atoms with Crippen LogP contribution in [0.25, 0.3) is 0 Å². The molecule has 0 saturated heterocycles. The van der Waals surface area contributed by atoms with Crippen LogP contribution in [-0.2, 0) is 10.0 Å². The third-order valence-electron chi connectivity index (χ3n) is 3.02. The summed E-state index contributed by atoms with van der Waals surface area (Å²) in [7, 11) is -3.11. The van der Waals surface area contributed by atoms with Gasteiger partial charge >= 0.3 is 0 Å². The van der Waals surface area contributed by atoms with Crippen LogP contribution in [0.2, 0.25) is 0 Å². The number of hydrogen-bond donors (Lipinski definition) is 1. The Labute approximate surface area is 97.6 Å². The quantitative estimate of drug-likeness (QED) is 0.737. The Morgan fingerprint density at radius 3 is 2.53 bits per heavy atom. The van der Waals surface area contributed by atoms with Crippen LogP contribution in [0.5, 0.6) is 0 Å². The maximum atomic E-state index is 11.6. The average Bonchev–Trinajstić information content (AvgIpc) is 2.67. The first-order valence-electron chi connectivity index (χ1n) is 5.61. The molecule has 1 aliphatic rings. The monoisotopic (exact) mass is 253 g/mol. The predicted octanol–water partition coefficient (Wildman–Crippen LogP) is 2.11. The Kier molecular flexibility index (Phi) is 5.36. The molecule has 1 atom stereocenters. The van der Waals surface area contributed by atoms with Crippen LogP contribution >= 0.6 is 11.6 Å². The van der Waals surface area contributed by atoms with Crippen molar-refractivity contribution in [1.29, 1.82) is 0 Å². The molecule has 0 unspecified atom stereocenters. The van der Waals surface area contributed by atoms with Crippen molar-refractivity contribution >= 4 is 21.6 Å². The molecule has 0 aromatic heterocycles. The molecule has 0 amide bonds. The van der Waals surface area contributed by atoms with Crippen LogP contribution < -0.4 is 4.72 Å². The molecule has 0 heterocycles. The summed E-state index contributed by atoms with van der Waals surface area (Å²) in [6, 6.07) is 0.0767. The molecule has 1 saturated carbocycles. The molecule has 1 aliphatic carbocycles. The number of alkyl halides is 1. The van der Waals surface area contributed by atoms with E-state index < -0.39 is 10.0 Å². The highest BCUT2D eigenvalue weighted by Gasteiger charge is 2.24. The first kappa shape index (κ1) is 13.3. The molecule has 0 radical (unpaired) electrons. The number of sulfonamides is 1. The van der Waals surface area contributed by atoms with Crippen molar-refractivity contribution in [3.05, 3.63) is 0 Å². The van der Waals surface area contributed by atoms with Crippen molar-refractivity contribution in [2.24, 2.45) is 5.92 Å². The summed E-state index contributed by atoms with van der Waals surface area (Å²) in [5, 5.41) is 0. The Morgan fingerprint density at radius 1 is 1.40 bits per heavy atom. The fraction of sp³-hybridized carbons (Fsp3) is 1.00. The van der Waals surface area contributed by atoms with Crippen LogP contribution in [0, 0.1) is 5.92 Å². The third-order valence-corrected chi connectivity index (χ3v) is 4.84. The molecule has 5 heteroatoms. The van der Waals surface area contributed by atoms with Crippen LogP contribution in [0.4, 0.5) is 0 Å². The number of hydrogen-bond acceptors (Lipinski definition) is 2. The van der Waals surface area contributed by atoms with Crippen molar-refractivity contribution in [3.63, 3.8) is 0 Å². The average molecular weight is 254 g/mol. The van der Waals surface area contributed by atoms with Crippen molar-refractivity contribution < 1.29 is 8.42 Å². The summed E-state index contributed by atoms with van der Waals surface area (Å²) in [4.78, 5) is 0. The van der Waals surface area contributed by atoms with Gasteiger partial charge in [-0.1, -0.05) is 12.8 Å². The normalized spacial score (nSPS) is 20.7. The molecule has 3 nitrogen and oxygen atoms in total. The van der Waals surface area contributed by atoms with Gasteiger partial charge in [-0.3, -0.25) is 0 Å². The van der Waals surface area contributed by atoms with E-state index in [0.29, 0.717) is 18.2 Å². The van der Waals surface area contributed by atoms with Gasteiger partial charge in [0, 0.05) is 11.9 Å². The molecular formula is C10H20ClNO2S. The first-order valence-corrected chi connectivity index (χ1v) is 7.80. The summed E-state index contributed by atoms with van der Waals surface area (Å²) in [6.45, 7) is 1.97. The predicted molar refractivity (Wildman–Crippen MR) is 63.7 cm³/mol. The van der Waals surface area contributed by atoms with E-state index in [1.807, 2.05) is 6.92 Å². The number of halogens is 1. The van der Waals surface area contributed by atoms with E-state index in [4.69, 9.17) is 11.6 Å². The molecular weight excluding hydrogens is 234 g/mol. The maximum Gasteiger partial charge on any atom is 0.211 e. The summed E-state index contributed by atoms with van der Waals surface area (Å²) in [5.41, 5.74) is 0. The lowest BCUT2D eigenvalue weighted by molar-refractivity contribution is 0.424. The Balaban J connectivity index is 2.38. The van der Waals surface area contributed by atoms with Crippen molar-refractivity contribution in [3.8, 4) is 0 Å². The number of nitrogens with one attached hydrogen (secondary N) is 1. The molecule has 0 aromatic carbocycles. The largest absolute Gasteiger partial charge is 0.212 e. The molecule has 0 aromatic rings. The van der Waals surface area contributed by atoms with Gasteiger partial charge in [0.1, 0.15) is 0 Å². The minimum absolute atomic E-state index is 0.0767. The molecule has 15 heavy (non-hydrogen) atoms. The molecule has 0 aliphatic heterocycles. The van der Waals surface area contributed by atoms with E-state index in [-0.39, 0.29) is 11.8 Å². The van der Waals surface area contributed by atoms with E-state index >= 15 is 0 Å². The van der Waals surface area contributed by atoms with E-state index in [9.17, 15) is 8.42 Å². The van der Waals surface area contributed by atoms with Crippen molar-refractivity contribution in [2.75, 3.05) is 11.6 Å². The van der Waals surface area contributed by atoms with E-state index in [1.165, 1.54) is 12.8 Å². The smallest absolute Gasteiger partial charge is 0.211 e. The molecule has 0 bridgehead atoms. The van der Waals surface area contributed by atoms with Crippen molar-refractivity contribution in [2.45, 2.75) is 45.1 Å². The SMILES string of the molecule is C[C@H](NS(=O)(=O)CCCCl)C1CCCC1. The minimum Gasteiger partial charge on any atom is -0.212 e. The van der Waals surface area contributed by atoms with Gasteiger partial charge in [0.25, 0.3) is 0 Å². The lowest BCUT2D eigenvalue weighted by atomic mass is 10.0. The summed E-state index contributed by atoms with van der Waals surface area (Å²) >= 11 is 5.48. The second kappa shape index (κ2) is 6.06. The van der Waals surface area contributed by atoms with Gasteiger partial charge in [0.05, 0.1) is 5.75 Å². The second-order valence-corrected chi connectivity index (χ2v) is 6.56. The highest BCUT2D eigenvalue weighted by Crippen LogP contribution is 2.27. The summed E-state index contributed by atoms with van der Waals surface area (Å²) in [6.07, 6.45) is 5.30. The summed E-state index contributed by atoms with van der Waals surface area (Å²) < 4.78 is 25.9. The molecule has 1 rings (SSSR count). The van der Waals surface area contributed by atoms with Crippen LogP contribution in [-0.4, -0.2) is 26.1 Å². The first-order chi connectivity index (χ1) is 7.05. The van der Waals surface area contributed by atoms with Crippen LogP contribution in [0.15, 0.2) is 0 Å². The minimum atomic E-state index is -3.11. The molecule has 1 fully saturated rings. The molecule has 90 valence electrons. The lowest BCUT2D eigenvalue weighted by Gasteiger charge is -2.20. The third kappa shape index (κ3) is 4.70. The van der Waals surface area contributed by atoms with Gasteiger partial charge < -0.3 is 0 Å². The van der Waals surface area contributed by atoms with Gasteiger partial charge in [-0.25, -0.2) is 13.1 Å². The summed E-state index contributed by atoms with van der Waals surface area (Å²) in [5.74, 6) is 1.07. The Bertz CT molecular complexity index is 273. The fourth-order valence-electron chi connectivity index (χ4n) is 2.14. The maximum absolute atomic E-state index is 11.6. The van der Waals surface area contributed by atoms with Gasteiger partial charge in [0.15, 0.2) is 0 Å². The van der Waals surface area contributed by atoms with Crippen molar-refractivity contribution in [1.82, 2.24) is 4.72 Å². The Morgan fingerprint density at radius 2 is 2.00 bits per heavy atom. The topological polar surface area (TPSA) is 46.2 Å². The van der Waals surface area contributed by atoms with E-state index in [0.717, 1.165) is 12.8 Å². The van der Waals surface area contributed by atoms with E-state index in [1.54, 1.807) is 0 Å². The van der Waals surface area contributed by atoms with Gasteiger partial charge in [-0.15, -0.1) is 11.6 Å². The number of rotatable bonds is 6. The molecule has 1 N–H and O–H groups in total. The standard InChI is InChI=1S/C10H20ClNO2S/c1-9(10-5-2-3-6-10)12-15(13,14)8-4-7-11/h9-10,12H,2-8H2,1H3/t9-/m0/s1. The molecule has 0 spiro atoms.